The molecule has 0 radical (unpaired) electrons. The molecule has 0 spiro atoms. The Labute approximate surface area is 182 Å². The third-order valence-corrected chi connectivity index (χ3v) is 5.07. The van der Waals surface area contributed by atoms with Crippen LogP contribution in [0.15, 0.2) is 78.9 Å². The minimum absolute atomic E-state index is 0.0823. The van der Waals surface area contributed by atoms with Gasteiger partial charge in [-0.3, -0.25) is 9.59 Å². The highest BCUT2D eigenvalue weighted by Gasteiger charge is 2.21. The number of rotatable bonds is 5. The van der Waals surface area contributed by atoms with Crippen LogP contribution in [0, 0.1) is 11.3 Å². The summed E-state index contributed by atoms with van der Waals surface area (Å²) in [5, 5.41) is 21.2. The van der Waals surface area contributed by atoms with Gasteiger partial charge in [0.05, 0.1) is 16.3 Å². The molecule has 6 heteroatoms. The van der Waals surface area contributed by atoms with Gasteiger partial charge in [-0.2, -0.15) is 5.26 Å². The van der Waals surface area contributed by atoms with Crippen LogP contribution in [0.4, 0.5) is 0 Å². The van der Waals surface area contributed by atoms with E-state index in [4.69, 9.17) is 0 Å². The molecule has 0 aliphatic carbocycles. The van der Waals surface area contributed by atoms with Gasteiger partial charge in [-0.05, 0) is 6.07 Å². The van der Waals surface area contributed by atoms with Gasteiger partial charge >= 0.3 is 5.97 Å². The van der Waals surface area contributed by atoms with Gasteiger partial charge in [0.25, 0.3) is 0 Å². The summed E-state index contributed by atoms with van der Waals surface area (Å²) in [6.07, 6.45) is 1.42. The first-order valence-corrected chi connectivity index (χ1v) is 9.70. The molecule has 0 amide bonds. The highest BCUT2D eigenvalue weighted by atomic mass is 16.4. The van der Waals surface area contributed by atoms with Gasteiger partial charge in [-0.1, -0.05) is 72.8 Å². The molecule has 1 aromatic heterocycles. The van der Waals surface area contributed by atoms with Crippen molar-refractivity contribution in [2.75, 3.05) is 0 Å². The number of aromatic nitrogens is 1. The van der Waals surface area contributed by atoms with E-state index < -0.39 is 11.8 Å². The van der Waals surface area contributed by atoms with Crippen LogP contribution in [-0.2, 0) is 0 Å². The van der Waals surface area contributed by atoms with Gasteiger partial charge in [0.2, 0.25) is 5.78 Å². The number of aromatic carboxylic acids is 1. The van der Waals surface area contributed by atoms with Crippen molar-refractivity contribution in [3.63, 3.8) is 0 Å². The first-order valence-electron chi connectivity index (χ1n) is 9.70. The molecule has 4 rings (SSSR count). The molecule has 0 atom stereocenters. The second kappa shape index (κ2) is 8.54. The average molecular weight is 420 g/mol. The zero-order valence-electron chi connectivity index (χ0n) is 16.7. The smallest absolute Gasteiger partial charge is 0.336 e. The summed E-state index contributed by atoms with van der Waals surface area (Å²) in [5.41, 5.74) is -0.00124. The third kappa shape index (κ3) is 3.71. The van der Waals surface area contributed by atoms with E-state index in [2.05, 4.69) is 4.98 Å². The number of carbonyl (C=O) groups is 3. The lowest BCUT2D eigenvalue weighted by molar-refractivity contribution is 0.0693. The monoisotopic (exact) mass is 420 g/mol. The Morgan fingerprint density at radius 2 is 1.41 bits per heavy atom. The molecule has 0 bridgehead atoms. The van der Waals surface area contributed by atoms with Crippen molar-refractivity contribution in [3.05, 3.63) is 106 Å². The molecular formula is C26H16N2O4. The van der Waals surface area contributed by atoms with Gasteiger partial charge in [0, 0.05) is 28.0 Å². The molecule has 32 heavy (non-hydrogen) atoms. The molecule has 154 valence electrons. The summed E-state index contributed by atoms with van der Waals surface area (Å²) in [7, 11) is 0. The van der Waals surface area contributed by atoms with E-state index in [0.717, 1.165) is 0 Å². The number of carbonyl (C=O) groups excluding carboxylic acids is 2. The van der Waals surface area contributed by atoms with Crippen molar-refractivity contribution in [1.29, 1.82) is 5.26 Å². The Bertz CT molecular complexity index is 1540. The predicted octanol–water partition coefficient (Wildman–Crippen LogP) is 3.09. The van der Waals surface area contributed by atoms with E-state index in [1.807, 2.05) is 12.1 Å². The fourth-order valence-electron chi connectivity index (χ4n) is 3.56. The molecular weight excluding hydrogens is 404 g/mol. The van der Waals surface area contributed by atoms with E-state index in [9.17, 15) is 24.8 Å². The van der Waals surface area contributed by atoms with Crippen molar-refractivity contribution < 1.29 is 19.5 Å². The maximum Gasteiger partial charge on any atom is 0.336 e. The maximum atomic E-state index is 13.2. The van der Waals surface area contributed by atoms with Gasteiger partial charge < -0.3 is 10.1 Å². The van der Waals surface area contributed by atoms with Crippen LogP contribution in [0.25, 0.3) is 22.4 Å². The highest BCUT2D eigenvalue weighted by Crippen LogP contribution is 2.15. The lowest BCUT2D eigenvalue weighted by Crippen LogP contribution is -2.20. The number of Topliss-reactive ketones (excluding diaryl/α,β-unsaturated/α-hetero) is 2. The summed E-state index contributed by atoms with van der Waals surface area (Å²) in [6.45, 7) is 0. The number of carboxylic acid groups (broad SMARTS) is 1. The van der Waals surface area contributed by atoms with Crippen LogP contribution in [0.1, 0.15) is 31.1 Å². The fourth-order valence-corrected chi connectivity index (χ4v) is 3.56. The number of benzene rings is 3. The summed E-state index contributed by atoms with van der Waals surface area (Å²) in [6, 6.07) is 23.5. The number of H-pyrrole nitrogens is 1. The van der Waals surface area contributed by atoms with Crippen LogP contribution in [0.5, 0.6) is 0 Å². The molecule has 0 fully saturated rings. The Morgan fingerprint density at radius 3 is 2.06 bits per heavy atom. The summed E-state index contributed by atoms with van der Waals surface area (Å²) < 4.78 is 0. The van der Waals surface area contributed by atoms with Crippen molar-refractivity contribution >= 4 is 40.0 Å². The molecule has 4 aromatic rings. The Kier molecular flexibility index (Phi) is 5.47. The quantitative estimate of drug-likeness (QED) is 0.482. The lowest BCUT2D eigenvalue weighted by Gasteiger charge is -2.03. The molecule has 3 aromatic carbocycles. The summed E-state index contributed by atoms with van der Waals surface area (Å²) in [4.78, 5) is 40.5. The largest absolute Gasteiger partial charge is 0.478 e. The predicted molar refractivity (Wildman–Crippen MR) is 120 cm³/mol. The number of fused-ring (bicyclic) bond motifs is 1. The van der Waals surface area contributed by atoms with Crippen LogP contribution in [-0.4, -0.2) is 27.6 Å². The fraction of sp³-hybridized carbons (Fsp3) is 0. The lowest BCUT2D eigenvalue weighted by atomic mass is 9.98. The number of hydrogen-bond acceptors (Lipinski definition) is 4. The van der Waals surface area contributed by atoms with Crippen LogP contribution in [0.2, 0.25) is 0 Å². The highest BCUT2D eigenvalue weighted by molar-refractivity contribution is 6.31. The summed E-state index contributed by atoms with van der Waals surface area (Å²) >= 11 is 0. The zero-order valence-corrected chi connectivity index (χ0v) is 16.7. The van der Waals surface area contributed by atoms with E-state index in [0.29, 0.717) is 21.7 Å². The number of aromatic amines is 1. The Morgan fingerprint density at radius 1 is 0.812 bits per heavy atom. The number of carboxylic acids is 1. The first-order chi connectivity index (χ1) is 15.5. The van der Waals surface area contributed by atoms with Crippen molar-refractivity contribution in [3.8, 4) is 6.07 Å². The molecule has 0 saturated carbocycles. The topological polar surface area (TPSA) is 111 Å². The number of nitrogens with one attached hydrogen (secondary N) is 1. The van der Waals surface area contributed by atoms with E-state index in [1.165, 1.54) is 24.3 Å². The average Bonchev–Trinajstić information content (AvgIpc) is 3.18. The number of ketones is 2. The second-order valence-electron chi connectivity index (χ2n) is 7.00. The number of nitrogens with zero attached hydrogens (tertiary/aromatic N) is 1. The molecule has 1 heterocycles. The minimum atomic E-state index is -1.26. The van der Waals surface area contributed by atoms with Gasteiger partial charge in [0.1, 0.15) is 11.6 Å². The van der Waals surface area contributed by atoms with Crippen LogP contribution < -0.4 is 10.7 Å². The second-order valence-corrected chi connectivity index (χ2v) is 7.00. The molecule has 2 N–H and O–H groups in total. The van der Waals surface area contributed by atoms with Gasteiger partial charge in [-0.25, -0.2) is 4.79 Å². The molecule has 0 aliphatic heterocycles. The van der Waals surface area contributed by atoms with Crippen molar-refractivity contribution in [2.24, 2.45) is 0 Å². The van der Waals surface area contributed by atoms with E-state index >= 15 is 0 Å². The van der Waals surface area contributed by atoms with Crippen LogP contribution >= 0.6 is 0 Å². The number of nitriles is 1. The molecule has 6 nitrogen and oxygen atoms in total. The minimum Gasteiger partial charge on any atom is -0.478 e. The molecule has 0 saturated heterocycles. The van der Waals surface area contributed by atoms with Gasteiger partial charge in [-0.15, -0.1) is 0 Å². The van der Waals surface area contributed by atoms with E-state index in [1.54, 1.807) is 54.6 Å². The number of hydrogen-bond donors (Lipinski definition) is 2. The van der Waals surface area contributed by atoms with Crippen LogP contribution in [0.3, 0.4) is 0 Å². The van der Waals surface area contributed by atoms with Gasteiger partial charge in [0.15, 0.2) is 5.78 Å². The Hall–Kier alpha value is -4.76. The third-order valence-electron chi connectivity index (χ3n) is 5.07. The van der Waals surface area contributed by atoms with E-state index in [-0.39, 0.29) is 27.8 Å². The maximum absolute atomic E-state index is 13.2. The first kappa shape index (κ1) is 20.5. The standard InChI is InChI=1S/C26H16N2O4/c27-15-21(25(30)19-12-6-7-13-20(19)26(31)32)24-18-11-5-4-10-17(18)22(28-24)14-23(29)16-8-2-1-3-9-16/h1-14,28H,(H,31,32)/b22-14-,24-21-. The normalized spacial score (nSPS) is 12.3. The molecule has 0 aliphatic rings. The van der Waals surface area contributed by atoms with Crippen molar-refractivity contribution in [1.82, 2.24) is 4.98 Å². The molecule has 0 unspecified atom stereocenters. The SMILES string of the molecule is N#C/C(C(=O)c1ccccc1C(=O)O)=c1/[nH]/c(=C\C(=O)c2ccccc2)c2ccccc12. The Balaban J connectivity index is 1.98. The zero-order chi connectivity index (χ0) is 22.7. The summed E-state index contributed by atoms with van der Waals surface area (Å²) in [5.74, 6) is -2.20. The van der Waals surface area contributed by atoms with Crippen molar-refractivity contribution in [2.45, 2.75) is 0 Å².